The Hall–Kier alpha value is -1.56. The molecular formula is C15H21NO4. The SMILES string of the molecule is COc1cccc2cc(C(C)NCCOCCO)oc12. The van der Waals surface area contributed by atoms with Crippen LogP contribution in [0.4, 0.5) is 0 Å². The van der Waals surface area contributed by atoms with Crippen LogP contribution in [0.5, 0.6) is 5.75 Å². The number of nitrogens with one attached hydrogen (secondary N) is 1. The van der Waals surface area contributed by atoms with Crippen molar-refractivity contribution in [3.63, 3.8) is 0 Å². The van der Waals surface area contributed by atoms with Crippen molar-refractivity contribution in [2.75, 3.05) is 33.5 Å². The second-order valence-corrected chi connectivity index (χ2v) is 4.54. The van der Waals surface area contributed by atoms with E-state index in [1.54, 1.807) is 7.11 Å². The fourth-order valence-corrected chi connectivity index (χ4v) is 2.05. The second-order valence-electron chi connectivity index (χ2n) is 4.54. The molecular weight excluding hydrogens is 258 g/mol. The van der Waals surface area contributed by atoms with E-state index in [2.05, 4.69) is 5.32 Å². The van der Waals surface area contributed by atoms with E-state index >= 15 is 0 Å². The lowest BCUT2D eigenvalue weighted by Gasteiger charge is -2.11. The Morgan fingerprint density at radius 2 is 2.20 bits per heavy atom. The molecule has 1 atom stereocenters. The largest absolute Gasteiger partial charge is 0.493 e. The van der Waals surface area contributed by atoms with E-state index in [1.807, 2.05) is 31.2 Å². The first kappa shape index (κ1) is 14.8. The van der Waals surface area contributed by atoms with Crippen molar-refractivity contribution < 1.29 is 19.0 Å². The lowest BCUT2D eigenvalue weighted by Crippen LogP contribution is -2.23. The van der Waals surface area contributed by atoms with Crippen molar-refractivity contribution in [3.8, 4) is 5.75 Å². The highest BCUT2D eigenvalue weighted by molar-refractivity contribution is 5.83. The van der Waals surface area contributed by atoms with Crippen LogP contribution in [0.1, 0.15) is 18.7 Å². The highest BCUT2D eigenvalue weighted by Gasteiger charge is 2.13. The summed E-state index contributed by atoms with van der Waals surface area (Å²) in [5.74, 6) is 1.61. The van der Waals surface area contributed by atoms with Crippen LogP contribution in [-0.4, -0.2) is 38.6 Å². The van der Waals surface area contributed by atoms with Crippen LogP contribution < -0.4 is 10.1 Å². The van der Waals surface area contributed by atoms with Crippen molar-refractivity contribution in [3.05, 3.63) is 30.0 Å². The van der Waals surface area contributed by atoms with Crippen LogP contribution in [-0.2, 0) is 4.74 Å². The monoisotopic (exact) mass is 279 g/mol. The minimum atomic E-state index is 0.0545. The number of furan rings is 1. The van der Waals surface area contributed by atoms with Gasteiger partial charge in [0.15, 0.2) is 11.3 Å². The second kappa shape index (κ2) is 7.28. The number of hydrogen-bond acceptors (Lipinski definition) is 5. The van der Waals surface area contributed by atoms with E-state index in [0.29, 0.717) is 19.8 Å². The van der Waals surface area contributed by atoms with Gasteiger partial charge in [0, 0.05) is 11.9 Å². The van der Waals surface area contributed by atoms with Crippen LogP contribution in [0.3, 0.4) is 0 Å². The van der Waals surface area contributed by atoms with Gasteiger partial charge in [-0.05, 0) is 19.1 Å². The first-order valence-corrected chi connectivity index (χ1v) is 6.74. The summed E-state index contributed by atoms with van der Waals surface area (Å²) in [6, 6.07) is 7.94. The highest BCUT2D eigenvalue weighted by Crippen LogP contribution is 2.30. The molecule has 2 aromatic rings. The van der Waals surface area contributed by atoms with E-state index < -0.39 is 0 Å². The Kier molecular flexibility index (Phi) is 5.40. The number of para-hydroxylation sites is 1. The van der Waals surface area contributed by atoms with Gasteiger partial charge in [-0.25, -0.2) is 0 Å². The number of rotatable bonds is 8. The third-order valence-electron chi connectivity index (χ3n) is 3.11. The maximum atomic E-state index is 8.61. The van der Waals surface area contributed by atoms with E-state index in [9.17, 15) is 0 Å². The number of ether oxygens (including phenoxy) is 2. The summed E-state index contributed by atoms with van der Waals surface area (Å²) in [6.07, 6.45) is 0. The summed E-state index contributed by atoms with van der Waals surface area (Å²) in [5, 5.41) is 13.0. The third kappa shape index (κ3) is 3.50. The first-order valence-electron chi connectivity index (χ1n) is 6.74. The quantitative estimate of drug-likeness (QED) is 0.725. The summed E-state index contributed by atoms with van der Waals surface area (Å²) in [5.41, 5.74) is 0.773. The Morgan fingerprint density at radius 3 is 2.95 bits per heavy atom. The van der Waals surface area contributed by atoms with E-state index in [-0.39, 0.29) is 12.6 Å². The molecule has 20 heavy (non-hydrogen) atoms. The Labute approximate surface area is 118 Å². The highest BCUT2D eigenvalue weighted by atomic mass is 16.5. The smallest absolute Gasteiger partial charge is 0.176 e. The molecule has 0 amide bonds. The molecule has 1 aromatic carbocycles. The van der Waals surface area contributed by atoms with Crippen molar-refractivity contribution in [2.24, 2.45) is 0 Å². The van der Waals surface area contributed by atoms with E-state index in [4.69, 9.17) is 19.0 Å². The molecule has 2 rings (SSSR count). The van der Waals surface area contributed by atoms with Gasteiger partial charge in [0.1, 0.15) is 5.76 Å². The average Bonchev–Trinajstić information content (AvgIpc) is 2.90. The molecule has 110 valence electrons. The number of aliphatic hydroxyl groups is 1. The zero-order valence-corrected chi connectivity index (χ0v) is 11.9. The first-order chi connectivity index (χ1) is 9.76. The van der Waals surface area contributed by atoms with Crippen LogP contribution >= 0.6 is 0 Å². The van der Waals surface area contributed by atoms with Gasteiger partial charge in [-0.1, -0.05) is 12.1 Å². The number of methoxy groups -OCH3 is 1. The molecule has 0 bridgehead atoms. The molecule has 1 heterocycles. The zero-order valence-electron chi connectivity index (χ0n) is 11.9. The predicted molar refractivity (Wildman–Crippen MR) is 77.1 cm³/mol. The van der Waals surface area contributed by atoms with Crippen molar-refractivity contribution in [2.45, 2.75) is 13.0 Å². The fraction of sp³-hybridized carbons (Fsp3) is 0.467. The zero-order chi connectivity index (χ0) is 14.4. The minimum Gasteiger partial charge on any atom is -0.493 e. The molecule has 2 N–H and O–H groups in total. The van der Waals surface area contributed by atoms with Crippen molar-refractivity contribution >= 4 is 11.0 Å². The summed E-state index contributed by atoms with van der Waals surface area (Å²) >= 11 is 0. The number of hydrogen-bond donors (Lipinski definition) is 2. The molecule has 0 aliphatic rings. The van der Waals surface area contributed by atoms with Gasteiger partial charge in [-0.3, -0.25) is 0 Å². The van der Waals surface area contributed by atoms with Gasteiger partial charge < -0.3 is 24.3 Å². The van der Waals surface area contributed by atoms with Crippen LogP contribution in [0.25, 0.3) is 11.0 Å². The van der Waals surface area contributed by atoms with Gasteiger partial charge in [-0.2, -0.15) is 0 Å². The third-order valence-corrected chi connectivity index (χ3v) is 3.11. The predicted octanol–water partition coefficient (Wildman–Crippen LogP) is 2.10. The molecule has 0 aliphatic heterocycles. The van der Waals surface area contributed by atoms with Gasteiger partial charge >= 0.3 is 0 Å². The Bertz CT molecular complexity index is 538. The fourth-order valence-electron chi connectivity index (χ4n) is 2.05. The lowest BCUT2D eigenvalue weighted by atomic mass is 10.2. The summed E-state index contributed by atoms with van der Waals surface area (Å²) in [4.78, 5) is 0. The maximum absolute atomic E-state index is 8.61. The van der Waals surface area contributed by atoms with Crippen LogP contribution in [0.15, 0.2) is 28.7 Å². The lowest BCUT2D eigenvalue weighted by molar-refractivity contribution is 0.0925. The van der Waals surface area contributed by atoms with Gasteiger partial charge in [0.05, 0.1) is 33.0 Å². The molecule has 1 unspecified atom stereocenters. The molecule has 0 spiro atoms. The van der Waals surface area contributed by atoms with E-state index in [1.165, 1.54) is 0 Å². The normalized spacial score (nSPS) is 12.8. The Balaban J connectivity index is 1.98. The number of aliphatic hydroxyl groups excluding tert-OH is 1. The summed E-state index contributed by atoms with van der Waals surface area (Å²) in [6.45, 7) is 3.73. The molecule has 1 aromatic heterocycles. The minimum absolute atomic E-state index is 0.0545. The number of benzene rings is 1. The maximum Gasteiger partial charge on any atom is 0.176 e. The van der Waals surface area contributed by atoms with E-state index in [0.717, 1.165) is 22.5 Å². The molecule has 0 saturated heterocycles. The van der Waals surface area contributed by atoms with Gasteiger partial charge in [-0.15, -0.1) is 0 Å². The molecule has 0 radical (unpaired) electrons. The van der Waals surface area contributed by atoms with Crippen LogP contribution in [0.2, 0.25) is 0 Å². The van der Waals surface area contributed by atoms with Crippen LogP contribution in [0, 0.1) is 0 Å². The molecule has 5 heteroatoms. The summed E-state index contributed by atoms with van der Waals surface area (Å²) in [7, 11) is 1.64. The molecule has 0 saturated carbocycles. The molecule has 5 nitrogen and oxygen atoms in total. The van der Waals surface area contributed by atoms with Gasteiger partial charge in [0.25, 0.3) is 0 Å². The molecule has 0 aliphatic carbocycles. The summed E-state index contributed by atoms with van der Waals surface area (Å²) < 4.78 is 16.4. The van der Waals surface area contributed by atoms with Crippen molar-refractivity contribution in [1.82, 2.24) is 5.32 Å². The van der Waals surface area contributed by atoms with Crippen molar-refractivity contribution in [1.29, 1.82) is 0 Å². The average molecular weight is 279 g/mol. The molecule has 0 fully saturated rings. The Morgan fingerprint density at radius 1 is 1.35 bits per heavy atom. The number of fused-ring (bicyclic) bond motifs is 1. The standard InChI is InChI=1S/C15H21NO4/c1-11(16-6-8-19-9-7-17)14-10-12-4-3-5-13(18-2)15(12)20-14/h3-5,10-11,16-17H,6-9H2,1-2H3. The van der Waals surface area contributed by atoms with Gasteiger partial charge in [0.2, 0.25) is 0 Å². The topological polar surface area (TPSA) is 63.9 Å².